The molecule has 0 bridgehead atoms. The number of benzene rings is 2. The maximum absolute atomic E-state index is 11.8. The summed E-state index contributed by atoms with van der Waals surface area (Å²) in [6.07, 6.45) is 0. The van der Waals surface area contributed by atoms with Crippen molar-refractivity contribution < 1.29 is 4.42 Å². The van der Waals surface area contributed by atoms with Crippen LogP contribution in [0.15, 0.2) is 45.6 Å². The van der Waals surface area contributed by atoms with E-state index in [0.717, 1.165) is 16.3 Å². The molecule has 2 aromatic carbocycles. The lowest BCUT2D eigenvalue weighted by atomic mass is 10.0. The van der Waals surface area contributed by atoms with E-state index < -0.39 is 0 Å². The highest BCUT2D eigenvalue weighted by Crippen LogP contribution is 2.25. The first-order chi connectivity index (χ1) is 8.16. The Labute approximate surface area is 98.5 Å². The molecule has 0 atom stereocenters. The van der Waals surface area contributed by atoms with Gasteiger partial charge in [0, 0.05) is 5.39 Å². The van der Waals surface area contributed by atoms with Gasteiger partial charge >= 0.3 is 5.63 Å². The van der Waals surface area contributed by atoms with Crippen molar-refractivity contribution in [2.45, 2.75) is 13.8 Å². The van der Waals surface area contributed by atoms with Gasteiger partial charge in [-0.2, -0.15) is 0 Å². The zero-order valence-electron chi connectivity index (χ0n) is 9.78. The van der Waals surface area contributed by atoms with Crippen molar-refractivity contribution in [3.05, 3.63) is 57.9 Å². The van der Waals surface area contributed by atoms with Gasteiger partial charge in [-0.05, 0) is 48.6 Å². The molecule has 0 saturated heterocycles. The summed E-state index contributed by atoms with van der Waals surface area (Å²) in [4.78, 5) is 11.8. The predicted octanol–water partition coefficient (Wildman–Crippen LogP) is 3.56. The Hall–Kier alpha value is -2.09. The molecule has 1 heterocycles. The molecule has 2 heteroatoms. The van der Waals surface area contributed by atoms with E-state index in [1.54, 1.807) is 6.07 Å². The highest BCUT2D eigenvalue weighted by Gasteiger charge is 2.07. The van der Waals surface area contributed by atoms with Crippen LogP contribution in [-0.2, 0) is 0 Å². The van der Waals surface area contributed by atoms with Crippen LogP contribution < -0.4 is 5.63 Å². The zero-order valence-corrected chi connectivity index (χ0v) is 9.78. The van der Waals surface area contributed by atoms with Gasteiger partial charge in [0.25, 0.3) is 0 Å². The normalized spacial score (nSPS) is 11.2. The van der Waals surface area contributed by atoms with Gasteiger partial charge in [-0.3, -0.25) is 0 Å². The first-order valence-corrected chi connectivity index (χ1v) is 5.59. The number of rotatable bonds is 0. The predicted molar refractivity (Wildman–Crippen MR) is 69.5 cm³/mol. The van der Waals surface area contributed by atoms with Crippen LogP contribution in [0, 0.1) is 13.8 Å². The van der Waals surface area contributed by atoms with E-state index in [-0.39, 0.29) is 5.63 Å². The Bertz CT molecular complexity index is 782. The summed E-state index contributed by atoms with van der Waals surface area (Å²) >= 11 is 0. The van der Waals surface area contributed by atoms with E-state index in [1.165, 1.54) is 5.56 Å². The quantitative estimate of drug-likeness (QED) is 0.431. The van der Waals surface area contributed by atoms with Gasteiger partial charge in [-0.15, -0.1) is 0 Å². The first kappa shape index (κ1) is 10.1. The summed E-state index contributed by atoms with van der Waals surface area (Å²) in [5.74, 6) is 0. The largest absolute Gasteiger partial charge is 0.422 e. The molecule has 0 N–H and O–H groups in total. The summed E-state index contributed by atoms with van der Waals surface area (Å²) in [5.41, 5.74) is 2.74. The second-order valence-corrected chi connectivity index (χ2v) is 4.37. The lowest BCUT2D eigenvalue weighted by molar-refractivity contribution is 0.569. The second kappa shape index (κ2) is 3.45. The number of hydrogen-bond donors (Lipinski definition) is 0. The SMILES string of the molecule is Cc1cc2oc(=O)c3ccccc3c2cc1C. The maximum Gasteiger partial charge on any atom is 0.344 e. The lowest BCUT2D eigenvalue weighted by Gasteiger charge is -2.05. The Morgan fingerprint density at radius 2 is 1.53 bits per heavy atom. The van der Waals surface area contributed by atoms with Crippen molar-refractivity contribution in [3.63, 3.8) is 0 Å². The van der Waals surface area contributed by atoms with Gasteiger partial charge in [-0.25, -0.2) is 4.79 Å². The fraction of sp³-hybridized carbons (Fsp3) is 0.133. The Balaban J connectivity index is 2.64. The molecule has 0 radical (unpaired) electrons. The van der Waals surface area contributed by atoms with E-state index in [1.807, 2.05) is 31.2 Å². The van der Waals surface area contributed by atoms with Crippen LogP contribution in [0.5, 0.6) is 0 Å². The second-order valence-electron chi connectivity index (χ2n) is 4.37. The van der Waals surface area contributed by atoms with E-state index in [2.05, 4.69) is 13.0 Å². The topological polar surface area (TPSA) is 30.2 Å². The van der Waals surface area contributed by atoms with Gasteiger partial charge in [0.05, 0.1) is 5.39 Å². The third-order valence-corrected chi connectivity index (χ3v) is 3.24. The highest BCUT2D eigenvalue weighted by molar-refractivity contribution is 6.04. The fourth-order valence-corrected chi connectivity index (χ4v) is 2.14. The maximum atomic E-state index is 11.8. The van der Waals surface area contributed by atoms with Crippen LogP contribution in [0.1, 0.15) is 11.1 Å². The summed E-state index contributed by atoms with van der Waals surface area (Å²) in [6.45, 7) is 4.08. The summed E-state index contributed by atoms with van der Waals surface area (Å²) in [6, 6.07) is 11.6. The van der Waals surface area contributed by atoms with Crippen LogP contribution in [-0.4, -0.2) is 0 Å². The molecule has 0 aliphatic heterocycles. The first-order valence-electron chi connectivity index (χ1n) is 5.59. The zero-order chi connectivity index (χ0) is 12.0. The van der Waals surface area contributed by atoms with Crippen molar-refractivity contribution in [2.24, 2.45) is 0 Å². The highest BCUT2D eigenvalue weighted by atomic mass is 16.4. The van der Waals surface area contributed by atoms with E-state index in [4.69, 9.17) is 4.42 Å². The average Bonchev–Trinajstić information content (AvgIpc) is 2.32. The van der Waals surface area contributed by atoms with Gasteiger partial charge in [0.1, 0.15) is 5.58 Å². The van der Waals surface area contributed by atoms with Crippen LogP contribution in [0.4, 0.5) is 0 Å². The molecule has 0 unspecified atom stereocenters. The monoisotopic (exact) mass is 224 g/mol. The van der Waals surface area contributed by atoms with E-state index in [9.17, 15) is 4.79 Å². The molecule has 1 aromatic heterocycles. The van der Waals surface area contributed by atoms with Crippen LogP contribution in [0.25, 0.3) is 21.7 Å². The van der Waals surface area contributed by atoms with Crippen molar-refractivity contribution in [1.29, 1.82) is 0 Å². The van der Waals surface area contributed by atoms with Gasteiger partial charge in [0.2, 0.25) is 0 Å². The smallest absolute Gasteiger partial charge is 0.344 e. The molecule has 0 saturated carbocycles. The molecule has 0 amide bonds. The lowest BCUT2D eigenvalue weighted by Crippen LogP contribution is -1.99. The molecule has 0 aliphatic carbocycles. The molecule has 3 rings (SSSR count). The molecule has 0 aliphatic rings. The summed E-state index contributed by atoms with van der Waals surface area (Å²) in [5, 5.41) is 2.61. The van der Waals surface area contributed by atoms with Gasteiger partial charge in [-0.1, -0.05) is 18.2 Å². The van der Waals surface area contributed by atoms with Crippen LogP contribution in [0.2, 0.25) is 0 Å². The molecular formula is C15H12O2. The molecule has 0 spiro atoms. The van der Waals surface area contributed by atoms with Crippen LogP contribution >= 0.6 is 0 Å². The van der Waals surface area contributed by atoms with Gasteiger partial charge in [0.15, 0.2) is 0 Å². The van der Waals surface area contributed by atoms with Gasteiger partial charge < -0.3 is 4.42 Å². The van der Waals surface area contributed by atoms with Crippen molar-refractivity contribution >= 4 is 21.7 Å². The molecular weight excluding hydrogens is 212 g/mol. The Morgan fingerprint density at radius 1 is 0.882 bits per heavy atom. The third-order valence-electron chi connectivity index (χ3n) is 3.24. The molecule has 3 aromatic rings. The molecule has 17 heavy (non-hydrogen) atoms. The third kappa shape index (κ3) is 1.45. The summed E-state index contributed by atoms with van der Waals surface area (Å²) < 4.78 is 5.36. The standard InChI is InChI=1S/C15H12O2/c1-9-7-13-11-5-3-4-6-12(11)15(16)17-14(13)8-10(9)2/h3-8H,1-2H3. The minimum absolute atomic E-state index is 0.267. The average molecular weight is 224 g/mol. The van der Waals surface area contributed by atoms with Crippen LogP contribution in [0.3, 0.4) is 0 Å². The molecule has 84 valence electrons. The minimum atomic E-state index is -0.267. The van der Waals surface area contributed by atoms with Crippen molar-refractivity contribution in [1.82, 2.24) is 0 Å². The van der Waals surface area contributed by atoms with Crippen molar-refractivity contribution in [2.75, 3.05) is 0 Å². The number of aryl methyl sites for hydroxylation is 2. The number of hydrogen-bond acceptors (Lipinski definition) is 2. The Kier molecular flexibility index (Phi) is 2.05. The van der Waals surface area contributed by atoms with E-state index >= 15 is 0 Å². The molecule has 0 fully saturated rings. The molecule has 2 nitrogen and oxygen atoms in total. The number of fused-ring (bicyclic) bond motifs is 3. The van der Waals surface area contributed by atoms with Crippen molar-refractivity contribution in [3.8, 4) is 0 Å². The summed E-state index contributed by atoms with van der Waals surface area (Å²) in [7, 11) is 0. The van der Waals surface area contributed by atoms with E-state index in [0.29, 0.717) is 11.0 Å². The Morgan fingerprint density at radius 3 is 2.29 bits per heavy atom. The fourth-order valence-electron chi connectivity index (χ4n) is 2.14. The minimum Gasteiger partial charge on any atom is -0.422 e.